The van der Waals surface area contributed by atoms with Crippen LogP contribution in [0.15, 0.2) is 30.3 Å². The molecule has 1 aromatic heterocycles. The van der Waals surface area contributed by atoms with Crippen LogP contribution in [-0.4, -0.2) is 27.7 Å². The minimum atomic E-state index is -0.820. The van der Waals surface area contributed by atoms with Crippen molar-refractivity contribution in [2.45, 2.75) is 33.4 Å². The summed E-state index contributed by atoms with van der Waals surface area (Å²) in [5.41, 5.74) is 6.35. The summed E-state index contributed by atoms with van der Waals surface area (Å²) < 4.78 is 7.02. The van der Waals surface area contributed by atoms with Gasteiger partial charge in [-0.15, -0.1) is 0 Å². The van der Waals surface area contributed by atoms with Gasteiger partial charge in [-0.3, -0.25) is 25.1 Å². The number of aromatic nitrogens is 2. The van der Waals surface area contributed by atoms with Crippen molar-refractivity contribution in [3.8, 4) is 5.75 Å². The van der Waals surface area contributed by atoms with E-state index in [1.165, 1.54) is 0 Å². The topological polar surface area (TPSA) is 85.2 Å². The predicted octanol–water partition coefficient (Wildman–Crippen LogP) is 1.77. The number of amides is 2. The number of carbonyl (C=O) groups excluding carboxylic acids is 2. The largest absolute Gasteiger partial charge is 0.479 e. The second-order valence-electron chi connectivity index (χ2n) is 5.31. The highest BCUT2D eigenvalue weighted by Crippen LogP contribution is 2.24. The molecule has 1 unspecified atom stereocenters. The molecule has 0 aliphatic carbocycles. The van der Waals surface area contributed by atoms with Crippen molar-refractivity contribution in [3.63, 3.8) is 0 Å². The number of nitrogens with zero attached hydrogens (tertiary/aromatic N) is 2. The molecule has 8 heteroatoms. The van der Waals surface area contributed by atoms with Gasteiger partial charge < -0.3 is 4.74 Å². The summed E-state index contributed by atoms with van der Waals surface area (Å²) in [6, 6.07) is 8.71. The van der Waals surface area contributed by atoms with E-state index in [0.717, 1.165) is 11.4 Å². The fourth-order valence-electron chi connectivity index (χ4n) is 2.03. The molecule has 2 aromatic rings. The molecule has 0 aliphatic rings. The van der Waals surface area contributed by atoms with Gasteiger partial charge in [0.2, 0.25) is 0 Å². The number of halogens is 1. The summed E-state index contributed by atoms with van der Waals surface area (Å²) in [6.07, 6.45) is -0.820. The van der Waals surface area contributed by atoms with Crippen LogP contribution in [0.1, 0.15) is 18.3 Å². The Balaban J connectivity index is 1.82. The standard InChI is InChI=1S/C16H19ClN4O3/c1-10-8-11(2)21(20-10)9-15(22)18-19-16(23)12(3)24-14-7-5-4-6-13(14)17/h4-8,12H,9H2,1-3H3,(H,18,22)(H,19,23). The van der Waals surface area contributed by atoms with Gasteiger partial charge in [-0.2, -0.15) is 5.10 Å². The van der Waals surface area contributed by atoms with Gasteiger partial charge in [0.05, 0.1) is 10.7 Å². The van der Waals surface area contributed by atoms with E-state index in [1.54, 1.807) is 35.9 Å². The Bertz CT molecular complexity index is 745. The molecule has 1 atom stereocenters. The van der Waals surface area contributed by atoms with Gasteiger partial charge in [0.25, 0.3) is 11.8 Å². The number of aryl methyl sites for hydroxylation is 2. The van der Waals surface area contributed by atoms with Gasteiger partial charge in [0.1, 0.15) is 12.3 Å². The Labute approximate surface area is 144 Å². The van der Waals surface area contributed by atoms with Crippen molar-refractivity contribution in [3.05, 3.63) is 46.7 Å². The first-order valence-corrected chi connectivity index (χ1v) is 7.75. The lowest BCUT2D eigenvalue weighted by Crippen LogP contribution is -2.48. The van der Waals surface area contributed by atoms with Crippen LogP contribution in [-0.2, 0) is 16.1 Å². The van der Waals surface area contributed by atoms with Crippen LogP contribution in [0.2, 0.25) is 5.02 Å². The van der Waals surface area contributed by atoms with E-state index in [9.17, 15) is 9.59 Å². The first kappa shape index (κ1) is 17.8. The number of hydrogen-bond acceptors (Lipinski definition) is 4. The second-order valence-corrected chi connectivity index (χ2v) is 5.72. The monoisotopic (exact) mass is 350 g/mol. The van der Waals surface area contributed by atoms with Crippen LogP contribution in [0.25, 0.3) is 0 Å². The molecule has 7 nitrogen and oxygen atoms in total. The number of para-hydroxylation sites is 1. The van der Waals surface area contributed by atoms with Gasteiger partial charge in [-0.25, -0.2) is 0 Å². The van der Waals surface area contributed by atoms with E-state index in [-0.39, 0.29) is 12.5 Å². The van der Waals surface area contributed by atoms with Crippen molar-refractivity contribution < 1.29 is 14.3 Å². The number of nitrogens with one attached hydrogen (secondary N) is 2. The van der Waals surface area contributed by atoms with Gasteiger partial charge in [0.15, 0.2) is 6.10 Å². The molecule has 0 saturated carbocycles. The maximum absolute atomic E-state index is 12.0. The molecule has 0 saturated heterocycles. The van der Waals surface area contributed by atoms with Crippen LogP contribution < -0.4 is 15.6 Å². The van der Waals surface area contributed by atoms with E-state index >= 15 is 0 Å². The lowest BCUT2D eigenvalue weighted by molar-refractivity contribution is -0.133. The molecule has 24 heavy (non-hydrogen) atoms. The van der Waals surface area contributed by atoms with Crippen molar-refractivity contribution in [1.82, 2.24) is 20.6 Å². The minimum Gasteiger partial charge on any atom is -0.479 e. The quantitative estimate of drug-likeness (QED) is 0.805. The smallest absolute Gasteiger partial charge is 0.279 e. The van der Waals surface area contributed by atoms with E-state index in [2.05, 4.69) is 16.0 Å². The fraction of sp³-hybridized carbons (Fsp3) is 0.312. The molecule has 128 valence electrons. The van der Waals surface area contributed by atoms with Crippen LogP contribution in [0.4, 0.5) is 0 Å². The molecule has 0 bridgehead atoms. The summed E-state index contributed by atoms with van der Waals surface area (Å²) in [5.74, 6) is -0.480. The highest BCUT2D eigenvalue weighted by atomic mass is 35.5. The molecule has 2 N–H and O–H groups in total. The normalized spacial score (nSPS) is 11.7. The van der Waals surface area contributed by atoms with Gasteiger partial charge >= 0.3 is 0 Å². The maximum atomic E-state index is 12.0. The van der Waals surface area contributed by atoms with Crippen LogP contribution in [0, 0.1) is 13.8 Å². The van der Waals surface area contributed by atoms with Crippen molar-refractivity contribution in [2.75, 3.05) is 0 Å². The maximum Gasteiger partial charge on any atom is 0.279 e. The Kier molecular flexibility index (Phi) is 5.81. The summed E-state index contributed by atoms with van der Waals surface area (Å²) in [6.45, 7) is 5.27. The SMILES string of the molecule is Cc1cc(C)n(CC(=O)NNC(=O)C(C)Oc2ccccc2Cl)n1. The average Bonchev–Trinajstić information content (AvgIpc) is 2.84. The fourth-order valence-corrected chi connectivity index (χ4v) is 2.21. The summed E-state index contributed by atoms with van der Waals surface area (Å²) in [4.78, 5) is 23.8. The van der Waals surface area contributed by atoms with Crippen LogP contribution >= 0.6 is 11.6 Å². The molecule has 0 aliphatic heterocycles. The number of rotatable bonds is 5. The molecular weight excluding hydrogens is 332 g/mol. The molecule has 0 fully saturated rings. The zero-order chi connectivity index (χ0) is 17.7. The molecule has 1 heterocycles. The van der Waals surface area contributed by atoms with Crippen LogP contribution in [0.3, 0.4) is 0 Å². The highest BCUT2D eigenvalue weighted by molar-refractivity contribution is 6.32. The molecule has 0 spiro atoms. The number of carbonyl (C=O) groups is 2. The molecule has 2 rings (SSSR count). The molecule has 0 radical (unpaired) electrons. The zero-order valence-electron chi connectivity index (χ0n) is 13.7. The number of hydrogen-bond donors (Lipinski definition) is 2. The van der Waals surface area contributed by atoms with E-state index in [4.69, 9.17) is 16.3 Å². The van der Waals surface area contributed by atoms with Gasteiger partial charge in [0, 0.05) is 5.69 Å². The number of benzene rings is 1. The van der Waals surface area contributed by atoms with E-state index in [0.29, 0.717) is 10.8 Å². The Morgan fingerprint density at radius 1 is 1.29 bits per heavy atom. The molecule has 2 amide bonds. The predicted molar refractivity (Wildman–Crippen MR) is 89.5 cm³/mol. The first-order valence-electron chi connectivity index (χ1n) is 7.37. The summed E-state index contributed by atoms with van der Waals surface area (Å²) in [5, 5.41) is 4.59. The van der Waals surface area contributed by atoms with Crippen molar-refractivity contribution >= 4 is 23.4 Å². The lowest BCUT2D eigenvalue weighted by Gasteiger charge is -2.16. The lowest BCUT2D eigenvalue weighted by atomic mass is 10.3. The zero-order valence-corrected chi connectivity index (χ0v) is 14.4. The molecule has 1 aromatic carbocycles. The third-order valence-corrected chi connectivity index (χ3v) is 3.54. The summed E-state index contributed by atoms with van der Waals surface area (Å²) in [7, 11) is 0. The van der Waals surface area contributed by atoms with Crippen LogP contribution in [0.5, 0.6) is 5.75 Å². The third-order valence-electron chi connectivity index (χ3n) is 3.23. The van der Waals surface area contributed by atoms with E-state index in [1.807, 2.05) is 19.9 Å². The first-order chi connectivity index (χ1) is 11.4. The Morgan fingerprint density at radius 3 is 2.62 bits per heavy atom. The second kappa shape index (κ2) is 7.83. The highest BCUT2D eigenvalue weighted by Gasteiger charge is 2.17. The van der Waals surface area contributed by atoms with Gasteiger partial charge in [-0.05, 0) is 39.0 Å². The molecular formula is C16H19ClN4O3. The third kappa shape index (κ3) is 4.73. The summed E-state index contributed by atoms with van der Waals surface area (Å²) >= 11 is 5.97. The van der Waals surface area contributed by atoms with E-state index < -0.39 is 12.0 Å². The van der Waals surface area contributed by atoms with Crippen molar-refractivity contribution in [1.29, 1.82) is 0 Å². The average molecular weight is 351 g/mol. The van der Waals surface area contributed by atoms with Gasteiger partial charge in [-0.1, -0.05) is 23.7 Å². The number of hydrazine groups is 1. The Hall–Kier alpha value is -2.54. The number of ether oxygens (including phenoxy) is 1. The minimum absolute atomic E-state index is 0.0136. The van der Waals surface area contributed by atoms with Crippen molar-refractivity contribution in [2.24, 2.45) is 0 Å². The Morgan fingerprint density at radius 2 is 2.00 bits per heavy atom.